The molecule has 0 fully saturated rings. The van der Waals surface area contributed by atoms with E-state index in [1.165, 1.54) is 23.2 Å². The number of tetrazole rings is 1. The number of carboxylic acids is 1. The molecule has 13 heteroatoms. The van der Waals surface area contributed by atoms with E-state index in [-0.39, 0.29) is 16.4 Å². The molecule has 190 valence electrons. The number of nitrogens with two attached hydrogens (primary N) is 1. The largest absolute Gasteiger partial charge is 0.477 e. The summed E-state index contributed by atoms with van der Waals surface area (Å²) in [6.07, 6.45) is 5.26. The molecule has 0 aliphatic carbocycles. The van der Waals surface area contributed by atoms with Gasteiger partial charge in [0.1, 0.15) is 17.3 Å². The van der Waals surface area contributed by atoms with E-state index in [0.717, 1.165) is 11.8 Å². The van der Waals surface area contributed by atoms with Gasteiger partial charge in [0, 0.05) is 29.3 Å². The molecule has 37 heavy (non-hydrogen) atoms. The van der Waals surface area contributed by atoms with Gasteiger partial charge in [-0.05, 0) is 40.3 Å². The number of amides is 2. The first-order valence-corrected chi connectivity index (χ1v) is 11.8. The van der Waals surface area contributed by atoms with Gasteiger partial charge in [-0.2, -0.15) is 4.68 Å². The van der Waals surface area contributed by atoms with Gasteiger partial charge in [0.25, 0.3) is 0 Å². The third kappa shape index (κ3) is 8.05. The van der Waals surface area contributed by atoms with Gasteiger partial charge in [-0.25, -0.2) is 4.79 Å². The van der Waals surface area contributed by atoms with Crippen LogP contribution in [0.25, 0.3) is 11.8 Å². The molecule has 0 spiro atoms. The third-order valence-electron chi connectivity index (χ3n) is 4.77. The van der Waals surface area contributed by atoms with E-state index in [1.54, 1.807) is 18.2 Å². The minimum atomic E-state index is -1.26. The summed E-state index contributed by atoms with van der Waals surface area (Å²) in [6.45, 7) is 3.67. The van der Waals surface area contributed by atoms with Crippen molar-refractivity contribution in [3.8, 4) is 5.69 Å². The Morgan fingerprint density at radius 2 is 1.97 bits per heavy atom. The van der Waals surface area contributed by atoms with Crippen LogP contribution in [-0.4, -0.2) is 49.1 Å². The number of aromatic nitrogens is 4. The normalized spacial score (nSPS) is 12.2. The lowest BCUT2D eigenvalue weighted by molar-refractivity contribution is -0.131. The van der Waals surface area contributed by atoms with Gasteiger partial charge in [0.05, 0.1) is 10.7 Å². The van der Waals surface area contributed by atoms with Gasteiger partial charge in [0.15, 0.2) is 0 Å². The fourth-order valence-electron chi connectivity index (χ4n) is 3.12. The number of halogens is 1. The van der Waals surface area contributed by atoms with E-state index in [4.69, 9.17) is 22.4 Å². The van der Waals surface area contributed by atoms with Crippen molar-refractivity contribution in [1.29, 1.82) is 0 Å². The number of rotatable bonds is 11. The molecule has 0 radical (unpaired) electrons. The van der Waals surface area contributed by atoms with E-state index in [9.17, 15) is 14.4 Å². The molecule has 0 aliphatic rings. The van der Waals surface area contributed by atoms with E-state index >= 15 is 0 Å². The number of carbonyl (C=O) groups excluding carboxylic acids is 2. The van der Waals surface area contributed by atoms with Crippen molar-refractivity contribution >= 4 is 47.2 Å². The number of benzene rings is 2. The minimum absolute atomic E-state index is 0.0389. The van der Waals surface area contributed by atoms with E-state index in [1.807, 2.05) is 30.3 Å². The zero-order valence-corrected chi connectivity index (χ0v) is 20.8. The Hall–Kier alpha value is -4.42. The highest BCUT2D eigenvalue weighted by atomic mass is 35.5. The number of hydrogen-bond acceptors (Lipinski definition) is 8. The topological polar surface area (TPSA) is 165 Å². The molecule has 11 nitrogen and oxygen atoms in total. The van der Waals surface area contributed by atoms with Crippen molar-refractivity contribution in [1.82, 2.24) is 30.8 Å². The van der Waals surface area contributed by atoms with E-state index in [0.29, 0.717) is 28.0 Å². The summed E-state index contributed by atoms with van der Waals surface area (Å²) >= 11 is 6.80. The number of hydrogen-bond donors (Lipinski definition) is 4. The molecule has 1 heterocycles. The van der Waals surface area contributed by atoms with Crippen LogP contribution >= 0.6 is 23.4 Å². The number of nitrogens with one attached hydrogen (secondary N) is 2. The summed E-state index contributed by atoms with van der Waals surface area (Å²) in [5, 5.41) is 25.9. The molecule has 0 bridgehead atoms. The Morgan fingerprint density at radius 3 is 2.62 bits per heavy atom. The zero-order chi connectivity index (χ0) is 26.8. The predicted octanol–water partition coefficient (Wildman–Crippen LogP) is 2.26. The molecule has 1 atom stereocenters. The Labute approximate surface area is 221 Å². The smallest absolute Gasteiger partial charge is 0.344 e. The first kappa shape index (κ1) is 27.2. The number of nitrogens with zero attached hydrogens (tertiary/aromatic N) is 4. The SMILES string of the molecule is C=C(NC(=O)[C@H](Cc1ccccc1)NC(=O)/C=C/c1cc(Cl)ccc1-n1cnnn1)S/C(=C\N)C(=O)O. The van der Waals surface area contributed by atoms with Crippen molar-refractivity contribution in [2.45, 2.75) is 12.5 Å². The molecule has 3 rings (SSSR count). The highest BCUT2D eigenvalue weighted by Crippen LogP contribution is 2.22. The molecular weight excluding hydrogens is 518 g/mol. The van der Waals surface area contributed by atoms with Gasteiger partial charge in [0.2, 0.25) is 11.8 Å². The number of aliphatic carboxylic acids is 1. The summed E-state index contributed by atoms with van der Waals surface area (Å²) < 4.78 is 1.42. The second-order valence-corrected chi connectivity index (χ2v) is 8.97. The highest BCUT2D eigenvalue weighted by Gasteiger charge is 2.22. The van der Waals surface area contributed by atoms with Crippen LogP contribution in [0.2, 0.25) is 5.02 Å². The monoisotopic (exact) mass is 539 g/mol. The average molecular weight is 540 g/mol. The molecule has 0 saturated carbocycles. The summed E-state index contributed by atoms with van der Waals surface area (Å²) in [6, 6.07) is 13.1. The van der Waals surface area contributed by atoms with Crippen molar-refractivity contribution in [3.05, 3.63) is 99.8 Å². The maximum Gasteiger partial charge on any atom is 0.344 e. The van der Waals surface area contributed by atoms with Gasteiger partial charge in [-0.3, -0.25) is 9.59 Å². The van der Waals surface area contributed by atoms with Gasteiger partial charge >= 0.3 is 5.97 Å². The van der Waals surface area contributed by atoms with Crippen LogP contribution in [0.3, 0.4) is 0 Å². The quantitative estimate of drug-likeness (QED) is 0.267. The fraction of sp³-hybridized carbons (Fsp3) is 0.0833. The third-order valence-corrected chi connectivity index (χ3v) is 5.89. The van der Waals surface area contributed by atoms with Crippen LogP contribution in [0.15, 0.2) is 83.6 Å². The minimum Gasteiger partial charge on any atom is -0.477 e. The van der Waals surface area contributed by atoms with E-state index < -0.39 is 23.8 Å². The summed E-state index contributed by atoms with van der Waals surface area (Å²) in [4.78, 5) is 36.8. The standard InChI is InChI=1S/C24H22ClN7O4S/c1-15(37-21(13-26)24(35)36)28-23(34)19(11-16-5-3-2-4-6-16)29-22(33)10-7-17-12-18(25)8-9-20(17)32-14-27-30-31-32/h2-10,12-14,19H,1,11,26H2,(H,28,34)(H,29,33)(H,35,36)/b10-7+,21-13-/t19-/m0/s1. The Bertz CT molecular complexity index is 1340. The molecule has 0 saturated heterocycles. The first-order chi connectivity index (χ1) is 17.8. The van der Waals surface area contributed by atoms with Gasteiger partial charge in [-0.15, -0.1) is 5.10 Å². The Balaban J connectivity index is 1.76. The molecule has 5 N–H and O–H groups in total. The van der Waals surface area contributed by atoms with E-state index in [2.05, 4.69) is 32.7 Å². The van der Waals surface area contributed by atoms with Gasteiger partial charge < -0.3 is 21.5 Å². The van der Waals surface area contributed by atoms with Crippen LogP contribution in [0.5, 0.6) is 0 Å². The first-order valence-electron chi connectivity index (χ1n) is 10.6. The lowest BCUT2D eigenvalue weighted by Gasteiger charge is -2.18. The molecule has 0 aliphatic heterocycles. The number of carbonyl (C=O) groups is 3. The van der Waals surface area contributed by atoms with Crippen molar-refractivity contribution in [2.75, 3.05) is 0 Å². The average Bonchev–Trinajstić information content (AvgIpc) is 3.41. The van der Waals surface area contributed by atoms with Crippen LogP contribution < -0.4 is 16.4 Å². The molecule has 1 aromatic heterocycles. The van der Waals surface area contributed by atoms with Crippen molar-refractivity contribution in [3.63, 3.8) is 0 Å². The second kappa shape index (κ2) is 13.0. The van der Waals surface area contributed by atoms with Crippen molar-refractivity contribution < 1.29 is 19.5 Å². The fourth-order valence-corrected chi connectivity index (χ4v) is 3.87. The lowest BCUT2D eigenvalue weighted by Crippen LogP contribution is -2.47. The molecule has 2 aromatic carbocycles. The highest BCUT2D eigenvalue weighted by molar-refractivity contribution is 8.07. The number of carboxylic acid groups (broad SMARTS) is 1. The molecule has 3 aromatic rings. The summed E-state index contributed by atoms with van der Waals surface area (Å²) in [7, 11) is 0. The Kier molecular flexibility index (Phi) is 9.58. The zero-order valence-electron chi connectivity index (χ0n) is 19.2. The molecule has 2 amide bonds. The number of thioether (sulfide) groups is 1. The second-order valence-electron chi connectivity index (χ2n) is 7.39. The summed E-state index contributed by atoms with van der Waals surface area (Å²) in [5.74, 6) is -2.39. The van der Waals surface area contributed by atoms with Crippen LogP contribution in [0.4, 0.5) is 0 Å². The van der Waals surface area contributed by atoms with Crippen LogP contribution in [-0.2, 0) is 20.8 Å². The Morgan fingerprint density at radius 1 is 1.22 bits per heavy atom. The maximum absolute atomic E-state index is 13.0. The van der Waals surface area contributed by atoms with Crippen LogP contribution in [0, 0.1) is 0 Å². The lowest BCUT2D eigenvalue weighted by atomic mass is 10.1. The molecular formula is C24H22ClN7O4S. The van der Waals surface area contributed by atoms with Gasteiger partial charge in [-0.1, -0.05) is 60.3 Å². The van der Waals surface area contributed by atoms with Crippen molar-refractivity contribution in [2.24, 2.45) is 5.73 Å². The maximum atomic E-state index is 13.0. The van der Waals surface area contributed by atoms with Crippen LogP contribution in [0.1, 0.15) is 11.1 Å². The predicted molar refractivity (Wildman–Crippen MR) is 140 cm³/mol. The molecule has 0 unspecified atom stereocenters. The summed E-state index contributed by atoms with van der Waals surface area (Å²) in [5.41, 5.74) is 7.27.